The first-order valence-corrected chi connectivity index (χ1v) is 6.34. The Balaban J connectivity index is 1.93. The van der Waals surface area contributed by atoms with Crippen molar-refractivity contribution >= 4 is 0 Å². The smallest absolute Gasteiger partial charge is 0.316 e. The first kappa shape index (κ1) is 13.2. The van der Waals surface area contributed by atoms with E-state index in [4.69, 9.17) is 4.74 Å². The number of likely N-dealkylation sites (tertiary alicyclic amines) is 1. The molecule has 0 aliphatic carbocycles. The van der Waals surface area contributed by atoms with Crippen LogP contribution in [-0.2, 0) is 12.8 Å². The quantitative estimate of drug-likeness (QED) is 0.799. The number of halogens is 1. The molecule has 4 nitrogen and oxygen atoms in total. The van der Waals surface area contributed by atoms with E-state index in [1.807, 2.05) is 6.20 Å². The van der Waals surface area contributed by atoms with Gasteiger partial charge in [0.15, 0.2) is 0 Å². The molecule has 0 unspecified atom stereocenters. The van der Waals surface area contributed by atoms with Crippen molar-refractivity contribution in [2.75, 3.05) is 26.7 Å². The molecule has 1 aromatic rings. The molecule has 2 rings (SSSR count). The first-order valence-electron chi connectivity index (χ1n) is 6.34. The van der Waals surface area contributed by atoms with Crippen molar-refractivity contribution in [2.45, 2.75) is 32.4 Å². The van der Waals surface area contributed by atoms with Crippen LogP contribution in [0.15, 0.2) is 6.20 Å². The molecule has 0 bridgehead atoms. The van der Waals surface area contributed by atoms with Crippen molar-refractivity contribution in [3.05, 3.63) is 17.5 Å². The van der Waals surface area contributed by atoms with Crippen LogP contribution < -0.4 is 4.74 Å². The fourth-order valence-corrected chi connectivity index (χ4v) is 2.36. The average Bonchev–Trinajstić information content (AvgIpc) is 2.33. The van der Waals surface area contributed by atoms with Crippen LogP contribution in [-0.4, -0.2) is 47.3 Å². The SMILES string of the molecule is CCc1nc(OC)ncc1CCN1CC(C)(F)C1. The maximum atomic E-state index is 13.3. The van der Waals surface area contributed by atoms with Gasteiger partial charge in [-0.05, 0) is 25.3 Å². The minimum absolute atomic E-state index is 0.413. The molecule has 0 spiro atoms. The molecule has 0 atom stereocenters. The molecule has 100 valence electrons. The van der Waals surface area contributed by atoms with Crippen molar-refractivity contribution < 1.29 is 9.13 Å². The maximum Gasteiger partial charge on any atom is 0.316 e. The number of hydrogen-bond donors (Lipinski definition) is 0. The molecule has 0 aromatic carbocycles. The summed E-state index contributed by atoms with van der Waals surface area (Å²) in [6, 6.07) is 0.413. The van der Waals surface area contributed by atoms with Crippen molar-refractivity contribution in [1.29, 1.82) is 0 Å². The van der Waals surface area contributed by atoms with E-state index < -0.39 is 5.67 Å². The predicted molar refractivity (Wildman–Crippen MR) is 67.6 cm³/mol. The second-order valence-corrected chi connectivity index (χ2v) is 5.06. The van der Waals surface area contributed by atoms with Crippen LogP contribution in [0.3, 0.4) is 0 Å². The maximum absolute atomic E-state index is 13.3. The Morgan fingerprint density at radius 2 is 2.22 bits per heavy atom. The summed E-state index contributed by atoms with van der Waals surface area (Å²) in [5.74, 6) is 0. The van der Waals surface area contributed by atoms with Gasteiger partial charge in [0.1, 0.15) is 5.67 Å². The largest absolute Gasteiger partial charge is 0.467 e. The van der Waals surface area contributed by atoms with Gasteiger partial charge < -0.3 is 4.74 Å². The molecule has 0 amide bonds. The van der Waals surface area contributed by atoms with Gasteiger partial charge in [-0.25, -0.2) is 14.4 Å². The van der Waals surface area contributed by atoms with Gasteiger partial charge in [0.25, 0.3) is 0 Å². The summed E-state index contributed by atoms with van der Waals surface area (Å²) in [7, 11) is 1.57. The highest BCUT2D eigenvalue weighted by molar-refractivity contribution is 5.20. The van der Waals surface area contributed by atoms with Crippen LogP contribution in [0, 0.1) is 0 Å². The monoisotopic (exact) mass is 253 g/mol. The van der Waals surface area contributed by atoms with Crippen LogP contribution in [0.25, 0.3) is 0 Å². The van der Waals surface area contributed by atoms with Gasteiger partial charge >= 0.3 is 6.01 Å². The Hall–Kier alpha value is -1.23. The Morgan fingerprint density at radius 3 is 2.78 bits per heavy atom. The summed E-state index contributed by atoms with van der Waals surface area (Å²) in [5, 5.41) is 0. The topological polar surface area (TPSA) is 38.3 Å². The lowest BCUT2D eigenvalue weighted by atomic mass is 9.98. The Morgan fingerprint density at radius 1 is 1.50 bits per heavy atom. The molecule has 0 N–H and O–H groups in total. The van der Waals surface area contributed by atoms with Gasteiger partial charge in [0.2, 0.25) is 0 Å². The third-order valence-corrected chi connectivity index (χ3v) is 3.25. The molecule has 1 fully saturated rings. The molecule has 18 heavy (non-hydrogen) atoms. The van der Waals surface area contributed by atoms with E-state index in [2.05, 4.69) is 21.8 Å². The second-order valence-electron chi connectivity index (χ2n) is 5.06. The number of methoxy groups -OCH3 is 1. The lowest BCUT2D eigenvalue weighted by molar-refractivity contribution is -0.0163. The standard InChI is InChI=1S/C13H20FN3O/c1-4-11-10(7-15-12(16-11)18-3)5-6-17-8-13(2,14)9-17/h7H,4-6,8-9H2,1-3H3. The normalized spacial score (nSPS) is 18.4. The number of rotatable bonds is 5. The van der Waals surface area contributed by atoms with E-state index in [0.29, 0.717) is 19.1 Å². The van der Waals surface area contributed by atoms with E-state index in [1.165, 1.54) is 0 Å². The number of nitrogens with zero attached hydrogens (tertiary/aromatic N) is 3. The zero-order chi connectivity index (χ0) is 13.2. The highest BCUT2D eigenvalue weighted by Gasteiger charge is 2.38. The van der Waals surface area contributed by atoms with Gasteiger partial charge in [-0.15, -0.1) is 0 Å². The highest BCUT2D eigenvalue weighted by Crippen LogP contribution is 2.24. The van der Waals surface area contributed by atoms with Gasteiger partial charge in [-0.1, -0.05) is 6.92 Å². The number of hydrogen-bond acceptors (Lipinski definition) is 4. The molecule has 0 radical (unpaired) electrons. The lowest BCUT2D eigenvalue weighted by Crippen LogP contribution is -2.57. The number of alkyl halides is 1. The van der Waals surface area contributed by atoms with Crippen LogP contribution in [0.4, 0.5) is 4.39 Å². The number of ether oxygens (including phenoxy) is 1. The first-order chi connectivity index (χ1) is 8.54. The van der Waals surface area contributed by atoms with E-state index in [1.54, 1.807) is 14.0 Å². The fraction of sp³-hybridized carbons (Fsp3) is 0.692. The molecular formula is C13H20FN3O. The summed E-state index contributed by atoms with van der Waals surface area (Å²) >= 11 is 0. The minimum Gasteiger partial charge on any atom is -0.467 e. The van der Waals surface area contributed by atoms with E-state index >= 15 is 0 Å². The van der Waals surface area contributed by atoms with Gasteiger partial charge in [0, 0.05) is 25.8 Å². The van der Waals surface area contributed by atoms with Crippen molar-refractivity contribution in [3.8, 4) is 6.01 Å². The van der Waals surface area contributed by atoms with Crippen LogP contribution in [0.1, 0.15) is 25.1 Å². The van der Waals surface area contributed by atoms with E-state index in [9.17, 15) is 4.39 Å². The fourth-order valence-electron chi connectivity index (χ4n) is 2.36. The molecule has 1 aromatic heterocycles. The summed E-state index contributed by atoms with van der Waals surface area (Å²) in [5.41, 5.74) is 1.15. The Labute approximate surface area is 107 Å². The molecule has 1 saturated heterocycles. The van der Waals surface area contributed by atoms with Crippen molar-refractivity contribution in [1.82, 2.24) is 14.9 Å². The highest BCUT2D eigenvalue weighted by atomic mass is 19.1. The van der Waals surface area contributed by atoms with Crippen LogP contribution in [0.5, 0.6) is 6.01 Å². The van der Waals surface area contributed by atoms with Gasteiger partial charge in [-0.3, -0.25) is 4.90 Å². The van der Waals surface area contributed by atoms with Crippen molar-refractivity contribution in [3.63, 3.8) is 0 Å². The third-order valence-electron chi connectivity index (χ3n) is 3.25. The second kappa shape index (κ2) is 5.18. The summed E-state index contributed by atoms with van der Waals surface area (Å²) in [6.07, 6.45) is 3.54. The molecule has 5 heteroatoms. The number of aromatic nitrogens is 2. The van der Waals surface area contributed by atoms with E-state index in [-0.39, 0.29) is 0 Å². The van der Waals surface area contributed by atoms with Crippen LogP contribution >= 0.6 is 0 Å². The van der Waals surface area contributed by atoms with E-state index in [0.717, 1.165) is 30.6 Å². The third kappa shape index (κ3) is 2.96. The molecule has 1 aliphatic heterocycles. The predicted octanol–water partition coefficient (Wildman–Crippen LogP) is 1.63. The summed E-state index contributed by atoms with van der Waals surface area (Å²) in [6.45, 7) is 5.64. The average molecular weight is 253 g/mol. The van der Waals surface area contributed by atoms with Gasteiger partial charge in [-0.2, -0.15) is 0 Å². The lowest BCUT2D eigenvalue weighted by Gasteiger charge is -2.42. The van der Waals surface area contributed by atoms with Crippen molar-refractivity contribution in [2.24, 2.45) is 0 Å². The molecule has 1 aliphatic rings. The molecule has 2 heterocycles. The van der Waals surface area contributed by atoms with Crippen LogP contribution in [0.2, 0.25) is 0 Å². The summed E-state index contributed by atoms with van der Waals surface area (Å²) < 4.78 is 18.4. The van der Waals surface area contributed by atoms with Gasteiger partial charge in [0.05, 0.1) is 12.8 Å². The molecule has 0 saturated carbocycles. The number of aryl methyl sites for hydroxylation is 1. The minimum atomic E-state index is -0.996. The Kier molecular flexibility index (Phi) is 3.80. The summed E-state index contributed by atoms with van der Waals surface area (Å²) in [4.78, 5) is 10.6. The zero-order valence-electron chi connectivity index (χ0n) is 11.2. The molecular weight excluding hydrogens is 233 g/mol. The zero-order valence-corrected chi connectivity index (χ0v) is 11.2. The Bertz CT molecular complexity index is 415.